The molecule has 0 aliphatic heterocycles. The Morgan fingerprint density at radius 3 is 2.80 bits per heavy atom. The van der Waals surface area contributed by atoms with Gasteiger partial charge in [-0.1, -0.05) is 6.07 Å². The van der Waals surface area contributed by atoms with Crippen LogP contribution in [0.3, 0.4) is 0 Å². The molecule has 0 unspecified atom stereocenters. The summed E-state index contributed by atoms with van der Waals surface area (Å²) in [6.07, 6.45) is 5.11. The van der Waals surface area contributed by atoms with Crippen LogP contribution in [0.1, 0.15) is 21.5 Å². The third kappa shape index (κ3) is 3.29. The zero-order valence-electron chi connectivity index (χ0n) is 15.4. The average Bonchev–Trinajstić information content (AvgIpc) is 3.35. The van der Waals surface area contributed by atoms with Crippen LogP contribution in [0.25, 0.3) is 11.0 Å². The van der Waals surface area contributed by atoms with Crippen molar-refractivity contribution in [3.05, 3.63) is 71.6 Å². The van der Waals surface area contributed by atoms with Crippen LogP contribution in [0.2, 0.25) is 0 Å². The topological polar surface area (TPSA) is 134 Å². The minimum Gasteiger partial charge on any atom is -0.345 e. The van der Waals surface area contributed by atoms with E-state index >= 15 is 4.39 Å². The lowest BCUT2D eigenvalue weighted by Gasteiger charge is -2.10. The Labute approximate surface area is 169 Å². The molecule has 0 saturated heterocycles. The van der Waals surface area contributed by atoms with E-state index in [9.17, 15) is 13.2 Å². The number of H-pyrrole nitrogens is 1. The number of rotatable bonds is 5. The summed E-state index contributed by atoms with van der Waals surface area (Å²) < 4.78 is 43.4. The van der Waals surface area contributed by atoms with E-state index in [1.54, 1.807) is 7.05 Å². The largest absolute Gasteiger partial charge is 0.345 e. The highest BCUT2D eigenvalue weighted by molar-refractivity contribution is 7.92. The van der Waals surface area contributed by atoms with Crippen LogP contribution in [0.15, 0.2) is 53.9 Å². The number of pyridine rings is 1. The number of halogens is 1. The molecule has 0 bridgehead atoms. The Morgan fingerprint density at radius 2 is 2.10 bits per heavy atom. The second-order valence-electron chi connectivity index (χ2n) is 6.39. The maximum Gasteiger partial charge on any atom is 0.265 e. The molecule has 0 atom stereocenters. The maximum atomic E-state index is 15.1. The molecule has 0 saturated carbocycles. The molecule has 3 heterocycles. The lowest BCUT2D eigenvalue weighted by atomic mass is 10.0. The van der Waals surface area contributed by atoms with Gasteiger partial charge >= 0.3 is 0 Å². The summed E-state index contributed by atoms with van der Waals surface area (Å²) in [5.74, 6) is -1.70. The van der Waals surface area contributed by atoms with Gasteiger partial charge in [0.2, 0.25) is 0 Å². The molecule has 150 valence electrons. The van der Waals surface area contributed by atoms with Crippen LogP contribution in [-0.4, -0.2) is 33.9 Å². The molecule has 4 rings (SSSR count). The second-order valence-corrected chi connectivity index (χ2v) is 8.07. The van der Waals surface area contributed by atoms with Crippen molar-refractivity contribution >= 4 is 32.5 Å². The van der Waals surface area contributed by atoms with Gasteiger partial charge in [-0.3, -0.25) is 14.2 Å². The number of nitrogens with zero attached hydrogens (tertiary/aromatic N) is 4. The van der Waals surface area contributed by atoms with Gasteiger partial charge < -0.3 is 4.98 Å². The van der Waals surface area contributed by atoms with E-state index in [0.717, 1.165) is 6.20 Å². The van der Waals surface area contributed by atoms with Crippen LogP contribution in [0.4, 0.5) is 10.1 Å². The molecule has 0 aliphatic rings. The van der Waals surface area contributed by atoms with Gasteiger partial charge in [0.15, 0.2) is 11.6 Å². The van der Waals surface area contributed by atoms with Crippen molar-refractivity contribution in [2.24, 2.45) is 7.05 Å². The summed E-state index contributed by atoms with van der Waals surface area (Å²) in [5.41, 5.74) is 0.0200. The van der Waals surface area contributed by atoms with Gasteiger partial charge in [0.25, 0.3) is 10.0 Å². The molecular weight excluding hydrogens is 411 g/mol. The first-order valence-electron chi connectivity index (χ1n) is 8.52. The average molecular weight is 424 g/mol. The number of ketones is 1. The number of nitrogens with one attached hydrogen (secondary N) is 2. The van der Waals surface area contributed by atoms with Crippen LogP contribution >= 0.6 is 0 Å². The van der Waals surface area contributed by atoms with Crippen molar-refractivity contribution in [2.45, 2.75) is 4.90 Å². The molecule has 9 nitrogen and oxygen atoms in total. The predicted octanol–water partition coefficient (Wildman–Crippen LogP) is 2.34. The van der Waals surface area contributed by atoms with Gasteiger partial charge in [0.05, 0.1) is 23.0 Å². The number of carbonyl (C=O) groups is 1. The number of anilines is 1. The summed E-state index contributed by atoms with van der Waals surface area (Å²) in [6, 6.07) is 7.23. The molecule has 0 spiro atoms. The normalized spacial score (nSPS) is 11.4. The molecule has 2 N–H and O–H groups in total. The van der Waals surface area contributed by atoms with Crippen LogP contribution in [0, 0.1) is 17.1 Å². The molecular formula is C19H13FN6O3S. The van der Waals surface area contributed by atoms with Gasteiger partial charge in [-0.15, -0.1) is 0 Å². The monoisotopic (exact) mass is 424 g/mol. The molecule has 11 heteroatoms. The lowest BCUT2D eigenvalue weighted by Crippen LogP contribution is -2.15. The fourth-order valence-electron chi connectivity index (χ4n) is 2.92. The quantitative estimate of drug-likeness (QED) is 0.472. The number of aryl methyl sites for hydroxylation is 1. The Hall–Kier alpha value is -4.04. The van der Waals surface area contributed by atoms with E-state index in [4.69, 9.17) is 5.26 Å². The molecule has 3 aromatic heterocycles. The predicted molar refractivity (Wildman–Crippen MR) is 105 cm³/mol. The van der Waals surface area contributed by atoms with E-state index in [1.165, 1.54) is 47.5 Å². The number of nitriles is 1. The zero-order valence-corrected chi connectivity index (χ0v) is 16.2. The summed E-state index contributed by atoms with van der Waals surface area (Å²) in [4.78, 5) is 19.7. The highest BCUT2D eigenvalue weighted by atomic mass is 32.2. The molecule has 4 aromatic rings. The summed E-state index contributed by atoms with van der Waals surface area (Å²) in [7, 11) is -2.54. The highest BCUT2D eigenvalue weighted by Crippen LogP contribution is 2.26. The first-order valence-corrected chi connectivity index (χ1v) is 10.0. The highest BCUT2D eigenvalue weighted by Gasteiger charge is 2.23. The zero-order chi connectivity index (χ0) is 21.5. The minimum absolute atomic E-state index is 0.112. The molecule has 0 amide bonds. The summed E-state index contributed by atoms with van der Waals surface area (Å²) >= 11 is 0. The number of sulfonamides is 1. The number of hydrogen-bond acceptors (Lipinski definition) is 6. The van der Waals surface area contributed by atoms with Crippen LogP contribution < -0.4 is 4.72 Å². The lowest BCUT2D eigenvalue weighted by molar-refractivity contribution is 0.103. The second kappa shape index (κ2) is 7.09. The van der Waals surface area contributed by atoms with Gasteiger partial charge in [-0.2, -0.15) is 10.4 Å². The third-order valence-corrected chi connectivity index (χ3v) is 5.70. The Balaban J connectivity index is 1.73. The standard InChI is InChI=1S/C19H13FN6O3S/c1-26-10-12(8-24-26)30(28,29)25-16-4-2-3-13(17(16)20)18(27)15-9-23-19-14(15)5-11(6-21)7-22-19/h2-5,7-10,25H,1H3,(H,22,23). The van der Waals surface area contributed by atoms with Crippen molar-refractivity contribution in [2.75, 3.05) is 4.72 Å². The number of fused-ring (bicyclic) bond motifs is 1. The number of benzene rings is 1. The minimum atomic E-state index is -4.09. The van der Waals surface area contributed by atoms with Gasteiger partial charge in [-0.05, 0) is 18.2 Å². The Morgan fingerprint density at radius 1 is 1.30 bits per heavy atom. The van der Waals surface area contributed by atoms with E-state index in [1.807, 2.05) is 6.07 Å². The van der Waals surface area contributed by atoms with Crippen molar-refractivity contribution in [3.63, 3.8) is 0 Å². The molecule has 0 radical (unpaired) electrons. The number of aromatic amines is 1. The molecule has 1 aromatic carbocycles. The van der Waals surface area contributed by atoms with Crippen molar-refractivity contribution < 1.29 is 17.6 Å². The van der Waals surface area contributed by atoms with E-state index in [2.05, 4.69) is 19.8 Å². The molecule has 0 aliphatic carbocycles. The smallest absolute Gasteiger partial charge is 0.265 e. The summed E-state index contributed by atoms with van der Waals surface area (Å²) in [6.45, 7) is 0. The van der Waals surface area contributed by atoms with Gasteiger partial charge in [0, 0.05) is 36.6 Å². The van der Waals surface area contributed by atoms with E-state index in [0.29, 0.717) is 11.0 Å². The van der Waals surface area contributed by atoms with Gasteiger partial charge in [-0.25, -0.2) is 17.8 Å². The Bertz CT molecular complexity index is 1450. The van der Waals surface area contributed by atoms with E-state index in [-0.39, 0.29) is 27.3 Å². The number of aromatic nitrogens is 4. The van der Waals surface area contributed by atoms with E-state index < -0.39 is 21.6 Å². The van der Waals surface area contributed by atoms with Gasteiger partial charge in [0.1, 0.15) is 16.6 Å². The SMILES string of the molecule is Cn1cc(S(=O)(=O)Nc2cccc(C(=O)c3c[nH]c4ncc(C#N)cc34)c2F)cn1. The van der Waals surface area contributed by atoms with Crippen molar-refractivity contribution in [3.8, 4) is 6.07 Å². The molecule has 0 fully saturated rings. The van der Waals surface area contributed by atoms with Crippen LogP contribution in [0.5, 0.6) is 0 Å². The van der Waals surface area contributed by atoms with Crippen molar-refractivity contribution in [1.82, 2.24) is 19.7 Å². The van der Waals surface area contributed by atoms with Crippen molar-refractivity contribution in [1.29, 1.82) is 5.26 Å². The maximum absolute atomic E-state index is 15.1. The fraction of sp³-hybridized carbons (Fsp3) is 0.0526. The summed E-state index contributed by atoms with van der Waals surface area (Å²) in [5, 5.41) is 13.2. The third-order valence-electron chi connectivity index (χ3n) is 4.38. The Kier molecular flexibility index (Phi) is 4.56. The van der Waals surface area contributed by atoms with Crippen LogP contribution in [-0.2, 0) is 17.1 Å². The first kappa shape index (κ1) is 19.3. The fourth-order valence-corrected chi connectivity index (χ4v) is 3.97. The number of carbonyl (C=O) groups excluding carboxylic acids is 1. The first-order chi connectivity index (χ1) is 14.3. The number of hydrogen-bond donors (Lipinski definition) is 2. The molecule has 30 heavy (non-hydrogen) atoms.